The molecule has 4 heteroatoms. The lowest BCUT2D eigenvalue weighted by Gasteiger charge is -2.16. The molecule has 1 aromatic carbocycles. The molecular formula is C20H25N3O. The Kier molecular flexibility index (Phi) is 4.39. The largest absolute Gasteiger partial charge is 0.332 e. The molecule has 0 N–H and O–H groups in total. The van der Waals surface area contributed by atoms with Crippen LogP contribution in [0.1, 0.15) is 55.4 Å². The van der Waals surface area contributed by atoms with Crippen molar-refractivity contribution in [1.29, 1.82) is 0 Å². The van der Waals surface area contributed by atoms with Gasteiger partial charge in [0.15, 0.2) is 0 Å². The number of amides is 1. The van der Waals surface area contributed by atoms with Crippen molar-refractivity contribution >= 4 is 5.91 Å². The van der Waals surface area contributed by atoms with Crippen molar-refractivity contribution in [1.82, 2.24) is 14.9 Å². The number of aryl methyl sites for hydroxylation is 2. The van der Waals surface area contributed by atoms with Gasteiger partial charge >= 0.3 is 0 Å². The highest BCUT2D eigenvalue weighted by atomic mass is 16.2. The van der Waals surface area contributed by atoms with E-state index in [0.717, 1.165) is 23.5 Å². The second-order valence-electron chi connectivity index (χ2n) is 7.65. The molecule has 0 fully saturated rings. The molecule has 1 amide bonds. The van der Waals surface area contributed by atoms with Gasteiger partial charge < -0.3 is 4.90 Å². The number of nitrogens with zero attached hydrogens (tertiary/aromatic N) is 3. The van der Waals surface area contributed by atoms with Gasteiger partial charge in [0.05, 0.1) is 12.2 Å². The summed E-state index contributed by atoms with van der Waals surface area (Å²) in [5, 5.41) is 0. The summed E-state index contributed by atoms with van der Waals surface area (Å²) in [6.07, 6.45) is 3.21. The first-order chi connectivity index (χ1) is 11.3. The Morgan fingerprint density at radius 1 is 1.17 bits per heavy atom. The number of carbonyl (C=O) groups is 1. The van der Waals surface area contributed by atoms with E-state index < -0.39 is 0 Å². The maximum absolute atomic E-state index is 12.5. The SMILES string of the molecule is Cc1ccc(CCC(=O)N2Cc3cnc(C(C)(C)C)nc3C2)cc1. The summed E-state index contributed by atoms with van der Waals surface area (Å²) in [5.41, 5.74) is 4.46. The van der Waals surface area contributed by atoms with E-state index in [9.17, 15) is 4.79 Å². The van der Waals surface area contributed by atoms with Crippen LogP contribution < -0.4 is 0 Å². The van der Waals surface area contributed by atoms with Crippen LogP contribution in [0.4, 0.5) is 0 Å². The number of rotatable bonds is 3. The molecule has 126 valence electrons. The Labute approximate surface area is 143 Å². The first-order valence-corrected chi connectivity index (χ1v) is 8.51. The van der Waals surface area contributed by atoms with Crippen molar-refractivity contribution in [2.45, 2.75) is 59.0 Å². The number of aromatic nitrogens is 2. The highest BCUT2D eigenvalue weighted by Crippen LogP contribution is 2.25. The summed E-state index contributed by atoms with van der Waals surface area (Å²) >= 11 is 0. The van der Waals surface area contributed by atoms with Crippen LogP contribution in [-0.4, -0.2) is 20.8 Å². The van der Waals surface area contributed by atoms with Crippen LogP contribution in [0.2, 0.25) is 0 Å². The van der Waals surface area contributed by atoms with Gasteiger partial charge in [0.1, 0.15) is 5.82 Å². The molecule has 0 radical (unpaired) electrons. The van der Waals surface area contributed by atoms with Gasteiger partial charge in [-0.15, -0.1) is 0 Å². The molecule has 1 aliphatic heterocycles. The molecule has 0 aliphatic carbocycles. The molecule has 24 heavy (non-hydrogen) atoms. The van der Waals surface area contributed by atoms with Crippen molar-refractivity contribution in [3.8, 4) is 0 Å². The molecule has 0 bridgehead atoms. The van der Waals surface area contributed by atoms with Crippen LogP contribution in [0.25, 0.3) is 0 Å². The predicted molar refractivity (Wildman–Crippen MR) is 94.5 cm³/mol. The summed E-state index contributed by atoms with van der Waals surface area (Å²) < 4.78 is 0. The fraction of sp³-hybridized carbons (Fsp3) is 0.450. The fourth-order valence-corrected chi connectivity index (χ4v) is 2.86. The van der Waals surface area contributed by atoms with Gasteiger partial charge in [0.25, 0.3) is 0 Å². The molecule has 2 aromatic rings. The zero-order chi connectivity index (χ0) is 17.3. The van der Waals surface area contributed by atoms with Crippen molar-refractivity contribution in [3.63, 3.8) is 0 Å². The Balaban J connectivity index is 1.62. The highest BCUT2D eigenvalue weighted by Gasteiger charge is 2.27. The van der Waals surface area contributed by atoms with Crippen molar-refractivity contribution in [2.75, 3.05) is 0 Å². The first kappa shape index (κ1) is 16.6. The lowest BCUT2D eigenvalue weighted by molar-refractivity contribution is -0.131. The Hall–Kier alpha value is -2.23. The molecule has 3 rings (SSSR count). The van der Waals surface area contributed by atoms with Gasteiger partial charge in [-0.2, -0.15) is 0 Å². The van der Waals surface area contributed by atoms with Gasteiger partial charge in [-0.25, -0.2) is 9.97 Å². The fourth-order valence-electron chi connectivity index (χ4n) is 2.86. The summed E-state index contributed by atoms with van der Waals surface area (Å²) in [6, 6.07) is 8.38. The highest BCUT2D eigenvalue weighted by molar-refractivity contribution is 5.77. The first-order valence-electron chi connectivity index (χ1n) is 8.51. The minimum atomic E-state index is -0.0715. The minimum absolute atomic E-state index is 0.0715. The van der Waals surface area contributed by atoms with E-state index in [1.807, 2.05) is 11.1 Å². The Bertz CT molecular complexity index is 744. The van der Waals surface area contributed by atoms with E-state index in [0.29, 0.717) is 19.5 Å². The molecule has 0 atom stereocenters. The van der Waals surface area contributed by atoms with Crippen LogP contribution >= 0.6 is 0 Å². The molecule has 2 heterocycles. The van der Waals surface area contributed by atoms with E-state index in [-0.39, 0.29) is 11.3 Å². The third kappa shape index (κ3) is 3.64. The Morgan fingerprint density at radius 2 is 1.88 bits per heavy atom. The normalized spacial score (nSPS) is 13.9. The summed E-state index contributed by atoms with van der Waals surface area (Å²) in [6.45, 7) is 9.62. The summed E-state index contributed by atoms with van der Waals surface area (Å²) in [5.74, 6) is 1.03. The maximum atomic E-state index is 12.5. The summed E-state index contributed by atoms with van der Waals surface area (Å²) in [7, 11) is 0. The molecule has 1 aliphatic rings. The van der Waals surface area contributed by atoms with Crippen LogP contribution in [0.3, 0.4) is 0 Å². The lowest BCUT2D eigenvalue weighted by Crippen LogP contribution is -2.25. The third-order valence-electron chi connectivity index (χ3n) is 4.43. The average molecular weight is 323 g/mol. The van der Waals surface area contributed by atoms with E-state index in [1.165, 1.54) is 11.1 Å². The van der Waals surface area contributed by atoms with E-state index in [4.69, 9.17) is 0 Å². The van der Waals surface area contributed by atoms with E-state index >= 15 is 0 Å². The van der Waals surface area contributed by atoms with Gasteiger partial charge in [0.2, 0.25) is 5.91 Å². The molecule has 0 saturated heterocycles. The van der Waals surface area contributed by atoms with Crippen molar-refractivity contribution in [3.05, 3.63) is 58.7 Å². The second-order valence-corrected chi connectivity index (χ2v) is 7.65. The molecular weight excluding hydrogens is 298 g/mol. The minimum Gasteiger partial charge on any atom is -0.332 e. The predicted octanol–water partition coefficient (Wildman–Crippen LogP) is 3.56. The van der Waals surface area contributed by atoms with Crippen LogP contribution in [0.5, 0.6) is 0 Å². The lowest BCUT2D eigenvalue weighted by atomic mass is 9.95. The van der Waals surface area contributed by atoms with Crippen LogP contribution in [0.15, 0.2) is 30.5 Å². The zero-order valence-corrected chi connectivity index (χ0v) is 15.0. The van der Waals surface area contributed by atoms with Gasteiger partial charge in [-0.3, -0.25) is 4.79 Å². The zero-order valence-electron chi connectivity index (χ0n) is 15.0. The monoisotopic (exact) mass is 323 g/mol. The van der Waals surface area contributed by atoms with Crippen molar-refractivity contribution < 1.29 is 4.79 Å². The topological polar surface area (TPSA) is 46.1 Å². The average Bonchev–Trinajstić information content (AvgIpc) is 2.96. The van der Waals surface area contributed by atoms with Crippen LogP contribution in [0, 0.1) is 6.92 Å². The summed E-state index contributed by atoms with van der Waals surface area (Å²) in [4.78, 5) is 23.6. The van der Waals surface area contributed by atoms with Crippen molar-refractivity contribution in [2.24, 2.45) is 0 Å². The molecule has 1 aromatic heterocycles. The maximum Gasteiger partial charge on any atom is 0.223 e. The number of hydrogen-bond donors (Lipinski definition) is 0. The standard InChI is InChI=1S/C20H25N3O/c1-14-5-7-15(8-6-14)9-10-18(24)23-12-16-11-21-19(20(2,3)4)22-17(16)13-23/h5-8,11H,9-10,12-13H2,1-4H3. The smallest absolute Gasteiger partial charge is 0.223 e. The van der Waals surface area contributed by atoms with E-state index in [2.05, 4.69) is 61.9 Å². The van der Waals surface area contributed by atoms with Gasteiger partial charge in [0, 0.05) is 30.1 Å². The number of hydrogen-bond acceptors (Lipinski definition) is 3. The van der Waals surface area contributed by atoms with Gasteiger partial charge in [-0.05, 0) is 18.9 Å². The number of benzene rings is 1. The molecule has 4 nitrogen and oxygen atoms in total. The molecule has 0 spiro atoms. The molecule has 0 unspecified atom stereocenters. The quantitative estimate of drug-likeness (QED) is 0.867. The third-order valence-corrected chi connectivity index (χ3v) is 4.43. The molecule has 0 saturated carbocycles. The number of carbonyl (C=O) groups excluding carboxylic acids is 1. The van der Waals surface area contributed by atoms with Crippen LogP contribution in [-0.2, 0) is 29.7 Å². The Morgan fingerprint density at radius 3 is 2.54 bits per heavy atom. The number of fused-ring (bicyclic) bond motifs is 1. The second kappa shape index (κ2) is 6.34. The van der Waals surface area contributed by atoms with E-state index in [1.54, 1.807) is 0 Å². The van der Waals surface area contributed by atoms with Gasteiger partial charge in [-0.1, -0.05) is 50.6 Å².